The van der Waals surface area contributed by atoms with Crippen molar-refractivity contribution < 1.29 is 4.74 Å². The van der Waals surface area contributed by atoms with Crippen LogP contribution in [-0.4, -0.2) is 17.3 Å². The Balaban J connectivity index is 2.11. The molecule has 1 aromatic carbocycles. The van der Waals surface area contributed by atoms with Crippen LogP contribution in [0.15, 0.2) is 28.6 Å². The summed E-state index contributed by atoms with van der Waals surface area (Å²) in [6, 6.07) is 8.02. The first-order chi connectivity index (χ1) is 8.19. The number of thioether (sulfide) groups is 1. The van der Waals surface area contributed by atoms with Crippen molar-refractivity contribution in [1.82, 2.24) is 10.2 Å². The first kappa shape index (κ1) is 12.2. The Morgan fingerprint density at radius 1 is 1.41 bits per heavy atom. The van der Waals surface area contributed by atoms with Crippen molar-refractivity contribution >= 4 is 28.2 Å². The molecule has 0 spiro atoms. The van der Waals surface area contributed by atoms with Crippen LogP contribution in [-0.2, 0) is 0 Å². The SMILES string of the molecule is COc1cccc([C@H](C)Sc2nnc(N)s2)c1. The Hall–Kier alpha value is -1.27. The maximum atomic E-state index is 5.55. The second-order valence-corrected chi connectivity index (χ2v) is 6.04. The van der Waals surface area contributed by atoms with Crippen molar-refractivity contribution in [2.75, 3.05) is 12.8 Å². The molecule has 2 N–H and O–H groups in total. The fourth-order valence-electron chi connectivity index (χ4n) is 1.38. The van der Waals surface area contributed by atoms with E-state index >= 15 is 0 Å². The van der Waals surface area contributed by atoms with E-state index < -0.39 is 0 Å². The van der Waals surface area contributed by atoms with E-state index in [1.165, 1.54) is 16.9 Å². The number of hydrogen-bond donors (Lipinski definition) is 1. The van der Waals surface area contributed by atoms with Gasteiger partial charge in [-0.15, -0.1) is 10.2 Å². The smallest absolute Gasteiger partial charge is 0.203 e. The Morgan fingerprint density at radius 3 is 2.88 bits per heavy atom. The first-order valence-electron chi connectivity index (χ1n) is 5.08. The molecule has 0 saturated heterocycles. The molecular weight excluding hydrogens is 254 g/mol. The van der Waals surface area contributed by atoms with Gasteiger partial charge in [0, 0.05) is 5.25 Å². The van der Waals surface area contributed by atoms with E-state index in [0.29, 0.717) is 5.13 Å². The summed E-state index contributed by atoms with van der Waals surface area (Å²) < 4.78 is 6.09. The molecule has 1 atom stereocenters. The fraction of sp³-hybridized carbons (Fsp3) is 0.273. The third kappa shape index (κ3) is 3.10. The van der Waals surface area contributed by atoms with Crippen LogP contribution in [0.3, 0.4) is 0 Å². The molecule has 0 aliphatic rings. The van der Waals surface area contributed by atoms with Crippen LogP contribution in [0.1, 0.15) is 17.7 Å². The number of nitrogens with zero attached hydrogens (tertiary/aromatic N) is 2. The molecule has 90 valence electrons. The molecule has 1 heterocycles. The molecule has 1 aromatic heterocycles. The van der Waals surface area contributed by atoms with Crippen LogP contribution in [0.5, 0.6) is 5.75 Å². The minimum absolute atomic E-state index is 0.289. The quantitative estimate of drug-likeness (QED) is 0.863. The lowest BCUT2D eigenvalue weighted by molar-refractivity contribution is 0.414. The number of anilines is 1. The standard InChI is InChI=1S/C11H13N3OS2/c1-7(16-11-14-13-10(12)17-11)8-4-3-5-9(6-8)15-2/h3-7H,1-2H3,(H2,12,13)/t7-/m0/s1. The van der Waals surface area contributed by atoms with Gasteiger partial charge in [-0.05, 0) is 24.6 Å². The second-order valence-electron chi connectivity index (χ2n) is 3.44. The Kier molecular flexibility index (Phi) is 3.86. The molecular formula is C11H13N3OS2. The van der Waals surface area contributed by atoms with Gasteiger partial charge in [0.1, 0.15) is 5.75 Å². The maximum absolute atomic E-state index is 5.55. The normalized spacial score (nSPS) is 12.4. The number of aromatic nitrogens is 2. The van der Waals surface area contributed by atoms with E-state index in [-0.39, 0.29) is 5.25 Å². The van der Waals surface area contributed by atoms with Crippen LogP contribution in [0.25, 0.3) is 0 Å². The number of rotatable bonds is 4. The molecule has 0 radical (unpaired) electrons. The van der Waals surface area contributed by atoms with Gasteiger partial charge in [-0.3, -0.25) is 0 Å². The van der Waals surface area contributed by atoms with Crippen LogP contribution < -0.4 is 10.5 Å². The summed E-state index contributed by atoms with van der Waals surface area (Å²) in [5, 5.41) is 8.59. The summed E-state index contributed by atoms with van der Waals surface area (Å²) >= 11 is 3.05. The van der Waals surface area contributed by atoms with Crippen molar-refractivity contribution in [3.8, 4) is 5.75 Å². The third-order valence-corrected chi connectivity index (χ3v) is 4.26. The van der Waals surface area contributed by atoms with Crippen molar-refractivity contribution in [2.45, 2.75) is 16.5 Å². The molecule has 0 aliphatic heterocycles. The lowest BCUT2D eigenvalue weighted by atomic mass is 10.1. The highest BCUT2D eigenvalue weighted by Crippen LogP contribution is 2.37. The molecule has 0 amide bonds. The molecule has 2 rings (SSSR count). The molecule has 2 aromatic rings. The molecule has 4 nitrogen and oxygen atoms in total. The van der Waals surface area contributed by atoms with Gasteiger partial charge >= 0.3 is 0 Å². The van der Waals surface area contributed by atoms with Crippen LogP contribution in [0, 0.1) is 0 Å². The summed E-state index contributed by atoms with van der Waals surface area (Å²) in [6.07, 6.45) is 0. The van der Waals surface area contributed by atoms with Crippen molar-refractivity contribution in [1.29, 1.82) is 0 Å². The summed E-state index contributed by atoms with van der Waals surface area (Å²) in [6.45, 7) is 2.12. The number of ether oxygens (including phenoxy) is 1. The second kappa shape index (κ2) is 5.37. The Bertz CT molecular complexity index is 501. The highest BCUT2D eigenvalue weighted by atomic mass is 32.2. The summed E-state index contributed by atoms with van der Waals surface area (Å²) in [4.78, 5) is 0. The van der Waals surface area contributed by atoms with Crippen LogP contribution >= 0.6 is 23.1 Å². The third-order valence-electron chi connectivity index (χ3n) is 2.26. The first-order valence-corrected chi connectivity index (χ1v) is 6.78. The van der Waals surface area contributed by atoms with Gasteiger partial charge in [-0.2, -0.15) is 0 Å². The zero-order valence-electron chi connectivity index (χ0n) is 9.58. The number of nitrogens with two attached hydrogens (primary N) is 1. The van der Waals surface area contributed by atoms with Crippen molar-refractivity contribution in [3.05, 3.63) is 29.8 Å². The number of methoxy groups -OCH3 is 1. The molecule has 0 bridgehead atoms. The average molecular weight is 267 g/mol. The van der Waals surface area contributed by atoms with E-state index in [0.717, 1.165) is 10.1 Å². The van der Waals surface area contributed by atoms with Gasteiger partial charge in [0.15, 0.2) is 4.34 Å². The largest absolute Gasteiger partial charge is 0.497 e. The van der Waals surface area contributed by atoms with E-state index in [1.54, 1.807) is 18.9 Å². The number of benzene rings is 1. The molecule has 0 fully saturated rings. The molecule has 0 aliphatic carbocycles. The Morgan fingerprint density at radius 2 is 2.24 bits per heavy atom. The zero-order valence-corrected chi connectivity index (χ0v) is 11.2. The maximum Gasteiger partial charge on any atom is 0.203 e. The minimum Gasteiger partial charge on any atom is -0.497 e. The predicted octanol–water partition coefficient (Wildman–Crippen LogP) is 2.98. The monoisotopic (exact) mass is 267 g/mol. The number of hydrogen-bond acceptors (Lipinski definition) is 6. The van der Waals surface area contributed by atoms with E-state index in [4.69, 9.17) is 10.5 Å². The van der Waals surface area contributed by atoms with Gasteiger partial charge in [0.05, 0.1) is 7.11 Å². The average Bonchev–Trinajstić information content (AvgIpc) is 2.75. The van der Waals surface area contributed by atoms with Gasteiger partial charge in [0.25, 0.3) is 0 Å². The summed E-state index contributed by atoms with van der Waals surface area (Å²) in [5.41, 5.74) is 6.75. The lowest BCUT2D eigenvalue weighted by Gasteiger charge is -2.10. The Labute approximate surface area is 108 Å². The molecule has 0 saturated carbocycles. The molecule has 17 heavy (non-hydrogen) atoms. The lowest BCUT2D eigenvalue weighted by Crippen LogP contribution is -1.90. The van der Waals surface area contributed by atoms with Gasteiger partial charge in [0.2, 0.25) is 5.13 Å². The zero-order chi connectivity index (χ0) is 12.3. The van der Waals surface area contributed by atoms with Gasteiger partial charge in [-0.1, -0.05) is 35.2 Å². The predicted molar refractivity (Wildman–Crippen MR) is 71.6 cm³/mol. The topological polar surface area (TPSA) is 61.0 Å². The van der Waals surface area contributed by atoms with Gasteiger partial charge < -0.3 is 10.5 Å². The van der Waals surface area contributed by atoms with E-state index in [2.05, 4.69) is 23.2 Å². The summed E-state index contributed by atoms with van der Waals surface area (Å²) in [7, 11) is 1.67. The van der Waals surface area contributed by atoms with Crippen molar-refractivity contribution in [3.63, 3.8) is 0 Å². The van der Waals surface area contributed by atoms with E-state index in [9.17, 15) is 0 Å². The van der Waals surface area contributed by atoms with Crippen molar-refractivity contribution in [2.24, 2.45) is 0 Å². The number of nitrogen functional groups attached to an aromatic ring is 1. The minimum atomic E-state index is 0.289. The fourth-order valence-corrected chi connectivity index (χ4v) is 3.28. The van der Waals surface area contributed by atoms with Gasteiger partial charge in [-0.25, -0.2) is 0 Å². The van der Waals surface area contributed by atoms with Crippen LogP contribution in [0.2, 0.25) is 0 Å². The highest BCUT2D eigenvalue weighted by molar-refractivity contribution is 8.01. The molecule has 0 unspecified atom stereocenters. The van der Waals surface area contributed by atoms with Crippen LogP contribution in [0.4, 0.5) is 5.13 Å². The van der Waals surface area contributed by atoms with E-state index in [1.807, 2.05) is 18.2 Å². The molecule has 6 heteroatoms. The summed E-state index contributed by atoms with van der Waals surface area (Å²) in [5.74, 6) is 0.867. The highest BCUT2D eigenvalue weighted by Gasteiger charge is 2.11.